The van der Waals surface area contributed by atoms with Gasteiger partial charge in [0.05, 0.1) is 0 Å². The number of hydrogen-bond donors (Lipinski definition) is 2. The van der Waals surface area contributed by atoms with E-state index in [1.807, 2.05) is 49.1 Å². The molecule has 5 nitrogen and oxygen atoms in total. The Morgan fingerprint density at radius 3 is 2.61 bits per heavy atom. The number of nitrogens with zero attached hydrogens (tertiary/aromatic N) is 1. The molecule has 0 aromatic heterocycles. The highest BCUT2D eigenvalue weighted by molar-refractivity contribution is 5.88. The van der Waals surface area contributed by atoms with Gasteiger partial charge < -0.3 is 15.5 Å². The van der Waals surface area contributed by atoms with Crippen LogP contribution in [0.3, 0.4) is 0 Å². The van der Waals surface area contributed by atoms with Crippen molar-refractivity contribution in [3.8, 4) is 0 Å². The smallest absolute Gasteiger partial charge is 0.249 e. The minimum Gasteiger partial charge on any atom is -0.341 e. The van der Waals surface area contributed by atoms with Crippen molar-refractivity contribution in [2.24, 2.45) is 5.92 Å². The number of hydrogen-bond acceptors (Lipinski definition) is 3. The van der Waals surface area contributed by atoms with Crippen LogP contribution in [0.5, 0.6) is 0 Å². The Hall–Kier alpha value is -1.88. The van der Waals surface area contributed by atoms with E-state index >= 15 is 0 Å². The van der Waals surface area contributed by atoms with E-state index in [0.717, 1.165) is 31.6 Å². The van der Waals surface area contributed by atoms with E-state index in [9.17, 15) is 9.59 Å². The van der Waals surface area contributed by atoms with Gasteiger partial charge in [-0.1, -0.05) is 44.2 Å². The molecule has 0 spiro atoms. The largest absolute Gasteiger partial charge is 0.341 e. The Balaban J connectivity index is 2.15. The maximum absolute atomic E-state index is 13.0. The molecule has 5 heteroatoms. The summed E-state index contributed by atoms with van der Waals surface area (Å²) in [4.78, 5) is 27.0. The zero-order valence-electron chi connectivity index (χ0n) is 14.0. The first-order chi connectivity index (χ1) is 11.1. The number of nitrogens with one attached hydrogen (secondary N) is 2. The minimum atomic E-state index is -0.597. The second kappa shape index (κ2) is 8.67. The lowest BCUT2D eigenvalue weighted by Gasteiger charge is -2.27. The maximum Gasteiger partial charge on any atom is 0.249 e. The van der Waals surface area contributed by atoms with Gasteiger partial charge in [-0.15, -0.1) is 0 Å². The van der Waals surface area contributed by atoms with Crippen molar-refractivity contribution < 1.29 is 9.59 Å². The summed E-state index contributed by atoms with van der Waals surface area (Å²) in [5.41, 5.74) is 0.840. The molecule has 0 saturated carbocycles. The minimum absolute atomic E-state index is 0.0167. The van der Waals surface area contributed by atoms with Crippen LogP contribution in [0.15, 0.2) is 30.3 Å². The average Bonchev–Trinajstić information content (AvgIpc) is 2.81. The van der Waals surface area contributed by atoms with Crippen molar-refractivity contribution in [3.05, 3.63) is 35.9 Å². The highest BCUT2D eigenvalue weighted by Gasteiger charge is 2.27. The molecule has 1 aromatic carbocycles. The molecule has 1 aromatic rings. The summed E-state index contributed by atoms with van der Waals surface area (Å²) in [6.07, 6.45) is 1.37. The van der Waals surface area contributed by atoms with Crippen molar-refractivity contribution in [1.29, 1.82) is 0 Å². The fourth-order valence-corrected chi connectivity index (χ4v) is 2.77. The Bertz CT molecular complexity index is 508. The zero-order chi connectivity index (χ0) is 16.7. The fraction of sp³-hybridized carbons (Fsp3) is 0.556. The van der Waals surface area contributed by atoms with E-state index < -0.39 is 6.04 Å². The maximum atomic E-state index is 13.0. The van der Waals surface area contributed by atoms with Crippen LogP contribution in [-0.4, -0.2) is 42.9 Å². The summed E-state index contributed by atoms with van der Waals surface area (Å²) in [6, 6.07) is 8.91. The standard InChI is InChI=1S/C18H27N3O2/c1-14(2)13-16(22)20-17(15-7-4-3-5-8-15)18(23)21-11-6-9-19-10-12-21/h3-5,7-8,14,17,19H,6,9-13H2,1-2H3,(H,20,22). The molecule has 1 heterocycles. The molecule has 126 valence electrons. The SMILES string of the molecule is CC(C)CC(=O)NC(C(=O)N1CCCNCC1)c1ccccc1. The first-order valence-corrected chi connectivity index (χ1v) is 8.41. The van der Waals surface area contributed by atoms with Gasteiger partial charge in [-0.3, -0.25) is 9.59 Å². The zero-order valence-corrected chi connectivity index (χ0v) is 14.0. The molecule has 0 aliphatic carbocycles. The van der Waals surface area contributed by atoms with Gasteiger partial charge >= 0.3 is 0 Å². The molecule has 1 aliphatic rings. The molecular weight excluding hydrogens is 290 g/mol. The lowest BCUT2D eigenvalue weighted by Crippen LogP contribution is -2.44. The molecule has 1 unspecified atom stereocenters. The number of carbonyl (C=O) groups is 2. The van der Waals surface area contributed by atoms with Gasteiger partial charge in [-0.2, -0.15) is 0 Å². The van der Waals surface area contributed by atoms with E-state index in [4.69, 9.17) is 0 Å². The van der Waals surface area contributed by atoms with E-state index in [1.54, 1.807) is 0 Å². The van der Waals surface area contributed by atoms with Crippen LogP contribution < -0.4 is 10.6 Å². The molecule has 1 aliphatic heterocycles. The second-order valence-corrected chi connectivity index (χ2v) is 6.44. The summed E-state index contributed by atoms with van der Waals surface area (Å²) in [5, 5.41) is 6.23. The quantitative estimate of drug-likeness (QED) is 0.869. The Morgan fingerprint density at radius 1 is 1.17 bits per heavy atom. The van der Waals surface area contributed by atoms with Crippen LogP contribution >= 0.6 is 0 Å². The van der Waals surface area contributed by atoms with E-state index in [0.29, 0.717) is 13.0 Å². The predicted molar refractivity (Wildman–Crippen MR) is 90.8 cm³/mol. The molecule has 23 heavy (non-hydrogen) atoms. The predicted octanol–water partition coefficient (Wildman–Crippen LogP) is 1.71. The van der Waals surface area contributed by atoms with Gasteiger partial charge in [0.25, 0.3) is 0 Å². The fourth-order valence-electron chi connectivity index (χ4n) is 2.77. The molecule has 0 bridgehead atoms. The highest BCUT2D eigenvalue weighted by atomic mass is 16.2. The van der Waals surface area contributed by atoms with Crippen LogP contribution in [0.4, 0.5) is 0 Å². The molecule has 0 radical (unpaired) electrons. The molecule has 1 fully saturated rings. The average molecular weight is 317 g/mol. The van der Waals surface area contributed by atoms with Crippen molar-refractivity contribution in [2.45, 2.75) is 32.7 Å². The van der Waals surface area contributed by atoms with Gasteiger partial charge in [-0.25, -0.2) is 0 Å². The van der Waals surface area contributed by atoms with E-state index in [2.05, 4.69) is 10.6 Å². The Kier molecular flexibility index (Phi) is 6.59. The van der Waals surface area contributed by atoms with Crippen LogP contribution in [0.25, 0.3) is 0 Å². The third kappa shape index (κ3) is 5.36. The topological polar surface area (TPSA) is 61.4 Å². The molecule has 1 saturated heterocycles. The third-order valence-electron chi connectivity index (χ3n) is 3.93. The molecule has 2 amide bonds. The van der Waals surface area contributed by atoms with Gasteiger partial charge in [0.2, 0.25) is 11.8 Å². The van der Waals surface area contributed by atoms with Crippen molar-refractivity contribution >= 4 is 11.8 Å². The van der Waals surface area contributed by atoms with Gasteiger partial charge in [-0.05, 0) is 24.4 Å². The highest BCUT2D eigenvalue weighted by Crippen LogP contribution is 2.17. The Labute approximate surface area is 138 Å². The lowest BCUT2D eigenvalue weighted by atomic mass is 10.0. The van der Waals surface area contributed by atoms with Crippen molar-refractivity contribution in [3.63, 3.8) is 0 Å². The van der Waals surface area contributed by atoms with Crippen LogP contribution in [0.2, 0.25) is 0 Å². The summed E-state index contributed by atoms with van der Waals surface area (Å²) in [5.74, 6) is 0.177. The molecule has 1 atom stereocenters. The number of carbonyl (C=O) groups excluding carboxylic acids is 2. The summed E-state index contributed by atoms with van der Waals surface area (Å²) in [6.45, 7) is 7.14. The summed E-state index contributed by atoms with van der Waals surface area (Å²) >= 11 is 0. The van der Waals surface area contributed by atoms with Gasteiger partial charge in [0.1, 0.15) is 6.04 Å². The number of amides is 2. The first-order valence-electron chi connectivity index (χ1n) is 8.41. The van der Waals surface area contributed by atoms with Crippen LogP contribution in [0, 0.1) is 5.92 Å². The van der Waals surface area contributed by atoms with Gasteiger partial charge in [0.15, 0.2) is 0 Å². The number of rotatable bonds is 5. The molecular formula is C18H27N3O2. The van der Waals surface area contributed by atoms with Crippen molar-refractivity contribution in [2.75, 3.05) is 26.2 Å². The second-order valence-electron chi connectivity index (χ2n) is 6.44. The molecule has 2 rings (SSSR count). The first kappa shape index (κ1) is 17.5. The number of benzene rings is 1. The Morgan fingerprint density at radius 2 is 1.91 bits per heavy atom. The normalized spacial score (nSPS) is 16.7. The lowest BCUT2D eigenvalue weighted by molar-refractivity contribution is -0.136. The van der Waals surface area contributed by atoms with Crippen LogP contribution in [-0.2, 0) is 9.59 Å². The summed E-state index contributed by atoms with van der Waals surface area (Å²) in [7, 11) is 0. The van der Waals surface area contributed by atoms with Crippen molar-refractivity contribution in [1.82, 2.24) is 15.5 Å². The molecule has 2 N–H and O–H groups in total. The van der Waals surface area contributed by atoms with Gasteiger partial charge in [0, 0.05) is 26.1 Å². The summed E-state index contributed by atoms with van der Waals surface area (Å²) < 4.78 is 0. The van der Waals surface area contributed by atoms with E-state index in [1.165, 1.54) is 0 Å². The van der Waals surface area contributed by atoms with Crippen LogP contribution in [0.1, 0.15) is 38.3 Å². The third-order valence-corrected chi connectivity index (χ3v) is 3.93. The monoisotopic (exact) mass is 317 g/mol. The van der Waals surface area contributed by atoms with E-state index in [-0.39, 0.29) is 17.7 Å².